The summed E-state index contributed by atoms with van der Waals surface area (Å²) in [5.41, 5.74) is 4.78. The molecule has 0 heterocycles. The molecule has 1 N–H and O–H groups in total. The van der Waals surface area contributed by atoms with Crippen LogP contribution in [0.3, 0.4) is 0 Å². The van der Waals surface area contributed by atoms with Crippen molar-refractivity contribution >= 4 is 35.4 Å². The summed E-state index contributed by atoms with van der Waals surface area (Å²) in [5.74, 6) is 1.97. The van der Waals surface area contributed by atoms with Crippen LogP contribution in [0.2, 0.25) is 5.02 Å². The van der Waals surface area contributed by atoms with E-state index in [1.54, 1.807) is 14.2 Å². The molecule has 0 fully saturated rings. The molecule has 0 amide bonds. The number of ether oxygens (including phenoxy) is 2. The molecule has 212 valence electrons. The van der Waals surface area contributed by atoms with E-state index in [1.807, 2.05) is 12.1 Å². The van der Waals surface area contributed by atoms with Gasteiger partial charge in [-0.15, -0.1) is 0 Å². The maximum atomic E-state index is 11.9. The zero-order valence-electron chi connectivity index (χ0n) is 26.1. The summed E-state index contributed by atoms with van der Waals surface area (Å²) in [5, 5.41) is 15.4. The average molecular weight is 569 g/mol. The third-order valence-electron chi connectivity index (χ3n) is 7.04. The molecular weight excluding hydrogens is 523 g/mol. The lowest BCUT2D eigenvalue weighted by atomic mass is 9.85. The first-order valence-corrected chi connectivity index (χ1v) is 15.2. The lowest BCUT2D eigenvalue weighted by molar-refractivity contribution is 0.400. The van der Waals surface area contributed by atoms with Gasteiger partial charge in [0.15, 0.2) is 0 Å². The number of hydrogen-bond acceptors (Lipinski definition) is 3. The summed E-state index contributed by atoms with van der Waals surface area (Å²) in [4.78, 5) is 0. The molecule has 0 aliphatic heterocycles. The fourth-order valence-corrected chi connectivity index (χ4v) is 8.27. The molecule has 0 saturated heterocycles. The fraction of sp³-hybridized carbons (Fsp3) is 0.471. The van der Waals surface area contributed by atoms with E-state index in [4.69, 9.17) is 21.1 Å². The molecule has 0 aliphatic rings. The molecule has 39 heavy (non-hydrogen) atoms. The summed E-state index contributed by atoms with van der Waals surface area (Å²) >= 11 is 6.80. The summed E-state index contributed by atoms with van der Waals surface area (Å²) in [6, 6.07) is 12.6. The van der Waals surface area contributed by atoms with Crippen molar-refractivity contribution in [1.82, 2.24) is 0 Å². The van der Waals surface area contributed by atoms with E-state index < -0.39 is 7.92 Å². The van der Waals surface area contributed by atoms with Gasteiger partial charge in [0.2, 0.25) is 0 Å². The van der Waals surface area contributed by atoms with Gasteiger partial charge in [-0.25, -0.2) is 0 Å². The second kappa shape index (κ2) is 11.0. The van der Waals surface area contributed by atoms with Crippen molar-refractivity contribution in [2.75, 3.05) is 14.2 Å². The highest BCUT2D eigenvalue weighted by Crippen LogP contribution is 2.49. The summed E-state index contributed by atoms with van der Waals surface area (Å²) in [6.07, 6.45) is 0. The number of halogens is 1. The number of benzene rings is 3. The van der Waals surface area contributed by atoms with E-state index in [0.717, 1.165) is 55.2 Å². The lowest BCUT2D eigenvalue weighted by Crippen LogP contribution is -2.29. The largest absolute Gasteiger partial charge is 0.507 e. The Hall–Kier alpha value is -2.22. The molecule has 0 saturated carbocycles. The molecule has 3 aromatic carbocycles. The summed E-state index contributed by atoms with van der Waals surface area (Å²) in [7, 11) is 2.14. The zero-order valence-corrected chi connectivity index (χ0v) is 27.7. The van der Waals surface area contributed by atoms with Crippen molar-refractivity contribution in [3.63, 3.8) is 0 Å². The molecule has 5 heteroatoms. The minimum absolute atomic E-state index is 0.146. The molecule has 3 aromatic rings. The highest BCUT2D eigenvalue weighted by molar-refractivity contribution is 7.80. The summed E-state index contributed by atoms with van der Waals surface area (Å²) < 4.78 is 12.4. The van der Waals surface area contributed by atoms with Gasteiger partial charge in [0.05, 0.1) is 14.2 Å². The van der Waals surface area contributed by atoms with Gasteiger partial charge >= 0.3 is 0 Å². The highest BCUT2D eigenvalue weighted by atomic mass is 35.5. The van der Waals surface area contributed by atoms with Crippen molar-refractivity contribution < 1.29 is 14.6 Å². The Labute approximate surface area is 242 Å². The van der Waals surface area contributed by atoms with E-state index in [-0.39, 0.29) is 22.0 Å². The van der Waals surface area contributed by atoms with Crippen molar-refractivity contribution in [1.29, 1.82) is 0 Å². The van der Waals surface area contributed by atoms with Gasteiger partial charge in [-0.05, 0) is 73.4 Å². The molecule has 0 bridgehead atoms. The maximum Gasteiger partial charge on any atom is 0.130 e. The van der Waals surface area contributed by atoms with Crippen LogP contribution in [0.25, 0.3) is 0 Å². The standard InChI is InChI=1S/C34H46ClO3P/c1-20-14-24(33(6,7)8)30(37-12)27(16-20)39(26-19-22(35)18-23(29(26)36)32(3,4)5)28-17-21(2)15-25(31(28)38-13)34(9,10)11/h14-19,36H,1-13H3. The van der Waals surface area contributed by atoms with Gasteiger partial charge in [0.1, 0.15) is 17.2 Å². The second-order valence-electron chi connectivity index (χ2n) is 13.6. The number of rotatable bonds is 5. The van der Waals surface area contributed by atoms with Crippen molar-refractivity contribution in [2.24, 2.45) is 0 Å². The summed E-state index contributed by atoms with van der Waals surface area (Å²) in [6.45, 7) is 23.8. The van der Waals surface area contributed by atoms with E-state index in [2.05, 4.69) is 100 Å². The van der Waals surface area contributed by atoms with Crippen molar-refractivity contribution in [3.8, 4) is 17.2 Å². The van der Waals surface area contributed by atoms with Gasteiger partial charge < -0.3 is 14.6 Å². The first kappa shape index (κ1) is 31.3. The van der Waals surface area contributed by atoms with Gasteiger partial charge in [0, 0.05) is 37.6 Å². The maximum absolute atomic E-state index is 11.9. The number of methoxy groups -OCH3 is 2. The first-order valence-electron chi connectivity index (χ1n) is 13.5. The Kier molecular flexibility index (Phi) is 8.82. The Balaban J connectivity index is 2.63. The SMILES string of the molecule is COc1c(P(c2cc(Cl)cc(C(C)(C)C)c2O)c2cc(C)cc(C(C)(C)C)c2OC)cc(C)cc1C(C)(C)C. The quantitative estimate of drug-likeness (QED) is 0.314. The average Bonchev–Trinajstić information content (AvgIpc) is 2.78. The molecule has 0 aromatic heterocycles. The zero-order chi connectivity index (χ0) is 29.7. The molecule has 3 rings (SSSR count). The van der Waals surface area contributed by atoms with Crippen molar-refractivity contribution in [2.45, 2.75) is 92.4 Å². The second-order valence-corrected chi connectivity index (χ2v) is 16.2. The molecule has 0 radical (unpaired) electrons. The van der Waals surface area contributed by atoms with Crippen LogP contribution in [0.4, 0.5) is 0 Å². The molecule has 0 atom stereocenters. The minimum Gasteiger partial charge on any atom is -0.507 e. The van der Waals surface area contributed by atoms with Crippen LogP contribution in [-0.2, 0) is 16.2 Å². The van der Waals surface area contributed by atoms with Gasteiger partial charge in [-0.1, -0.05) is 86.0 Å². The van der Waals surface area contributed by atoms with Crippen LogP contribution in [0, 0.1) is 13.8 Å². The monoisotopic (exact) mass is 568 g/mol. The van der Waals surface area contributed by atoms with Crippen molar-refractivity contribution in [3.05, 3.63) is 69.2 Å². The molecule has 0 spiro atoms. The van der Waals surface area contributed by atoms with Crippen LogP contribution < -0.4 is 25.4 Å². The number of aromatic hydroxyl groups is 1. The number of phenols is 1. The van der Waals surface area contributed by atoms with Crippen LogP contribution in [0.15, 0.2) is 36.4 Å². The Morgan fingerprint density at radius 3 is 1.31 bits per heavy atom. The van der Waals surface area contributed by atoms with E-state index in [9.17, 15) is 5.11 Å². The van der Waals surface area contributed by atoms with Crippen LogP contribution in [0.5, 0.6) is 17.2 Å². The van der Waals surface area contributed by atoms with Gasteiger partial charge in [0.25, 0.3) is 0 Å². The fourth-order valence-electron chi connectivity index (χ4n) is 5.10. The van der Waals surface area contributed by atoms with Crippen LogP contribution >= 0.6 is 19.5 Å². The highest BCUT2D eigenvalue weighted by Gasteiger charge is 2.34. The van der Waals surface area contributed by atoms with Crippen LogP contribution in [-0.4, -0.2) is 19.3 Å². The lowest BCUT2D eigenvalue weighted by Gasteiger charge is -2.32. The predicted octanol–water partition coefficient (Wildman–Crippen LogP) is 8.33. The number of hydrogen-bond donors (Lipinski definition) is 1. The van der Waals surface area contributed by atoms with E-state index in [0.29, 0.717) is 5.02 Å². The van der Waals surface area contributed by atoms with Gasteiger partial charge in [-0.3, -0.25) is 0 Å². The Morgan fingerprint density at radius 1 is 0.590 bits per heavy atom. The van der Waals surface area contributed by atoms with E-state index >= 15 is 0 Å². The topological polar surface area (TPSA) is 38.7 Å². The van der Waals surface area contributed by atoms with E-state index in [1.165, 1.54) is 0 Å². The number of phenolic OH excluding ortho intramolecular Hbond substituents is 1. The Bertz CT molecular complexity index is 1300. The molecular formula is C34H46ClO3P. The molecule has 3 nitrogen and oxygen atoms in total. The smallest absolute Gasteiger partial charge is 0.130 e. The number of aryl methyl sites for hydroxylation is 2. The molecule has 0 unspecified atom stereocenters. The first-order chi connectivity index (χ1) is 17.8. The molecule has 0 aliphatic carbocycles. The van der Waals surface area contributed by atoms with Gasteiger partial charge in [-0.2, -0.15) is 0 Å². The normalized spacial score (nSPS) is 12.7. The minimum atomic E-state index is -1.34. The third kappa shape index (κ3) is 6.41. The predicted molar refractivity (Wildman–Crippen MR) is 171 cm³/mol. The Morgan fingerprint density at radius 2 is 0.974 bits per heavy atom. The van der Waals surface area contributed by atoms with Crippen LogP contribution in [0.1, 0.15) is 90.1 Å². The third-order valence-corrected chi connectivity index (χ3v) is 9.71.